The van der Waals surface area contributed by atoms with Crippen LogP contribution in [0.25, 0.3) is 0 Å². The standard InChI is InChI=1S/C19H35N5O6/c1-9(2)8-13(23-17(27)12(20)6-7-14(21)25)18(28)22-11(5)16(26)24-15(10(3)4)19(29)30/h9-13,15H,6-8,20H2,1-5H3,(H2,21,25)(H,22,28)(H,23,27)(H,24,26)(H,29,30). The molecule has 0 aromatic carbocycles. The summed E-state index contributed by atoms with van der Waals surface area (Å²) in [6.45, 7) is 8.43. The molecule has 11 heteroatoms. The third-order valence-corrected chi connectivity index (χ3v) is 4.36. The highest BCUT2D eigenvalue weighted by Crippen LogP contribution is 2.07. The van der Waals surface area contributed by atoms with Gasteiger partial charge >= 0.3 is 5.97 Å². The lowest BCUT2D eigenvalue weighted by molar-refractivity contribution is -0.143. The van der Waals surface area contributed by atoms with Gasteiger partial charge in [-0.15, -0.1) is 0 Å². The van der Waals surface area contributed by atoms with E-state index in [-0.39, 0.29) is 31.1 Å². The van der Waals surface area contributed by atoms with Crippen LogP contribution in [0.15, 0.2) is 0 Å². The van der Waals surface area contributed by atoms with Crippen molar-refractivity contribution in [3.63, 3.8) is 0 Å². The summed E-state index contributed by atoms with van der Waals surface area (Å²) in [6, 6.07) is -4.07. The van der Waals surface area contributed by atoms with E-state index in [2.05, 4.69) is 16.0 Å². The number of carboxylic acid groups (broad SMARTS) is 1. The molecule has 0 bridgehead atoms. The van der Waals surface area contributed by atoms with Crippen molar-refractivity contribution in [1.29, 1.82) is 0 Å². The number of rotatable bonds is 13. The minimum atomic E-state index is -1.17. The number of hydrogen-bond acceptors (Lipinski definition) is 6. The molecule has 0 saturated heterocycles. The molecule has 0 aliphatic carbocycles. The number of primary amides is 1. The molecule has 0 aliphatic rings. The Morgan fingerprint density at radius 3 is 1.87 bits per heavy atom. The molecule has 0 saturated carbocycles. The van der Waals surface area contributed by atoms with Crippen LogP contribution in [0.2, 0.25) is 0 Å². The smallest absolute Gasteiger partial charge is 0.326 e. The van der Waals surface area contributed by atoms with Crippen molar-refractivity contribution in [3.05, 3.63) is 0 Å². The molecular formula is C19H35N5O6. The zero-order valence-corrected chi connectivity index (χ0v) is 18.2. The summed E-state index contributed by atoms with van der Waals surface area (Å²) in [5.41, 5.74) is 10.8. The van der Waals surface area contributed by atoms with Crippen LogP contribution in [0.4, 0.5) is 0 Å². The lowest BCUT2D eigenvalue weighted by Gasteiger charge is -2.25. The Labute approximate surface area is 176 Å². The average Bonchev–Trinajstić information content (AvgIpc) is 2.61. The summed E-state index contributed by atoms with van der Waals surface area (Å²) < 4.78 is 0. The second kappa shape index (κ2) is 12.8. The fourth-order valence-corrected chi connectivity index (χ4v) is 2.58. The van der Waals surface area contributed by atoms with Crippen molar-refractivity contribution >= 4 is 29.6 Å². The van der Waals surface area contributed by atoms with Crippen molar-refractivity contribution in [2.45, 2.75) is 78.0 Å². The summed E-state index contributed by atoms with van der Waals surface area (Å²) in [5.74, 6) is -3.92. The lowest BCUT2D eigenvalue weighted by atomic mass is 10.0. The zero-order valence-electron chi connectivity index (χ0n) is 18.2. The molecular weight excluding hydrogens is 394 g/mol. The molecule has 0 fully saturated rings. The highest BCUT2D eigenvalue weighted by molar-refractivity contribution is 5.94. The minimum Gasteiger partial charge on any atom is -0.480 e. The molecule has 0 spiro atoms. The average molecular weight is 430 g/mol. The van der Waals surface area contributed by atoms with Gasteiger partial charge in [-0.3, -0.25) is 19.2 Å². The Kier molecular flexibility index (Phi) is 11.6. The number of amides is 4. The lowest BCUT2D eigenvalue weighted by Crippen LogP contribution is -2.57. The molecule has 0 aromatic rings. The van der Waals surface area contributed by atoms with E-state index in [1.807, 2.05) is 13.8 Å². The quantitative estimate of drug-likeness (QED) is 0.212. The normalized spacial score (nSPS) is 15.1. The van der Waals surface area contributed by atoms with Gasteiger partial charge in [0.1, 0.15) is 18.1 Å². The summed E-state index contributed by atoms with van der Waals surface area (Å²) in [5, 5.41) is 16.6. The predicted molar refractivity (Wildman–Crippen MR) is 110 cm³/mol. The van der Waals surface area contributed by atoms with Crippen LogP contribution in [-0.2, 0) is 24.0 Å². The summed E-state index contributed by atoms with van der Waals surface area (Å²) in [4.78, 5) is 59.3. The third-order valence-electron chi connectivity index (χ3n) is 4.36. The van der Waals surface area contributed by atoms with E-state index in [1.54, 1.807) is 13.8 Å². The van der Waals surface area contributed by atoms with Crippen LogP contribution < -0.4 is 27.4 Å². The van der Waals surface area contributed by atoms with Crippen LogP contribution in [0.5, 0.6) is 0 Å². The van der Waals surface area contributed by atoms with Gasteiger partial charge in [-0.25, -0.2) is 4.79 Å². The van der Waals surface area contributed by atoms with E-state index in [1.165, 1.54) is 6.92 Å². The van der Waals surface area contributed by atoms with Crippen molar-refractivity contribution in [1.82, 2.24) is 16.0 Å². The molecule has 0 aromatic heterocycles. The van der Waals surface area contributed by atoms with Gasteiger partial charge in [0.25, 0.3) is 0 Å². The van der Waals surface area contributed by atoms with Crippen LogP contribution in [0, 0.1) is 11.8 Å². The molecule has 4 amide bonds. The second-order valence-electron chi connectivity index (χ2n) is 8.10. The van der Waals surface area contributed by atoms with Crippen molar-refractivity contribution < 1.29 is 29.1 Å². The van der Waals surface area contributed by atoms with Gasteiger partial charge in [-0.1, -0.05) is 27.7 Å². The molecule has 0 rings (SSSR count). The number of aliphatic carboxylic acids is 1. The summed E-state index contributed by atoms with van der Waals surface area (Å²) in [7, 11) is 0. The number of nitrogens with one attached hydrogen (secondary N) is 3. The fourth-order valence-electron chi connectivity index (χ4n) is 2.58. The number of carbonyl (C=O) groups excluding carboxylic acids is 4. The molecule has 0 radical (unpaired) electrons. The molecule has 0 aliphatic heterocycles. The van der Waals surface area contributed by atoms with Crippen LogP contribution in [0.1, 0.15) is 53.9 Å². The van der Waals surface area contributed by atoms with Crippen molar-refractivity contribution in [2.75, 3.05) is 0 Å². The SMILES string of the molecule is CC(C)CC(NC(=O)C(N)CCC(N)=O)C(=O)NC(C)C(=O)NC(C(=O)O)C(C)C. The number of carbonyl (C=O) groups is 5. The van der Waals surface area contributed by atoms with E-state index < -0.39 is 53.8 Å². The largest absolute Gasteiger partial charge is 0.480 e. The first-order valence-electron chi connectivity index (χ1n) is 9.94. The second-order valence-corrected chi connectivity index (χ2v) is 8.10. The Bertz CT molecular complexity index is 637. The Morgan fingerprint density at radius 2 is 1.43 bits per heavy atom. The van der Waals surface area contributed by atoms with Crippen molar-refractivity contribution in [3.8, 4) is 0 Å². The molecule has 11 nitrogen and oxygen atoms in total. The first kappa shape index (κ1) is 27.3. The molecule has 172 valence electrons. The Balaban J connectivity index is 5.05. The minimum absolute atomic E-state index is 0.0434. The molecule has 8 N–H and O–H groups in total. The van der Waals surface area contributed by atoms with Crippen LogP contribution in [0.3, 0.4) is 0 Å². The maximum atomic E-state index is 12.6. The van der Waals surface area contributed by atoms with E-state index in [4.69, 9.17) is 11.5 Å². The highest BCUT2D eigenvalue weighted by Gasteiger charge is 2.29. The Morgan fingerprint density at radius 1 is 0.867 bits per heavy atom. The van der Waals surface area contributed by atoms with Gasteiger partial charge < -0.3 is 32.5 Å². The fraction of sp³-hybridized carbons (Fsp3) is 0.737. The van der Waals surface area contributed by atoms with Gasteiger partial charge in [0.2, 0.25) is 23.6 Å². The van der Waals surface area contributed by atoms with Gasteiger partial charge in [-0.2, -0.15) is 0 Å². The highest BCUT2D eigenvalue weighted by atomic mass is 16.4. The first-order chi connectivity index (χ1) is 13.8. The van der Waals surface area contributed by atoms with E-state index in [0.29, 0.717) is 0 Å². The molecule has 4 unspecified atom stereocenters. The van der Waals surface area contributed by atoms with Crippen LogP contribution in [-0.4, -0.2) is 58.9 Å². The topological polar surface area (TPSA) is 194 Å². The molecule has 30 heavy (non-hydrogen) atoms. The predicted octanol–water partition coefficient (Wildman–Crippen LogP) is -1.16. The Hall–Kier alpha value is -2.69. The van der Waals surface area contributed by atoms with Gasteiger partial charge in [-0.05, 0) is 31.6 Å². The number of nitrogens with two attached hydrogens (primary N) is 2. The maximum Gasteiger partial charge on any atom is 0.326 e. The van der Waals surface area contributed by atoms with Crippen molar-refractivity contribution in [2.24, 2.45) is 23.3 Å². The number of carboxylic acids is 1. The van der Waals surface area contributed by atoms with Gasteiger partial charge in [0.05, 0.1) is 6.04 Å². The first-order valence-corrected chi connectivity index (χ1v) is 9.94. The summed E-state index contributed by atoms with van der Waals surface area (Å²) in [6.07, 6.45) is 0.271. The molecule has 0 heterocycles. The monoisotopic (exact) mass is 429 g/mol. The van der Waals surface area contributed by atoms with E-state index in [0.717, 1.165) is 0 Å². The summed E-state index contributed by atoms with van der Waals surface area (Å²) >= 11 is 0. The third kappa shape index (κ3) is 10.2. The molecule has 4 atom stereocenters. The zero-order chi connectivity index (χ0) is 23.6. The number of hydrogen-bond donors (Lipinski definition) is 6. The van der Waals surface area contributed by atoms with Gasteiger partial charge in [0, 0.05) is 6.42 Å². The van der Waals surface area contributed by atoms with Gasteiger partial charge in [0.15, 0.2) is 0 Å². The van der Waals surface area contributed by atoms with E-state index in [9.17, 15) is 29.1 Å². The van der Waals surface area contributed by atoms with Crippen LogP contribution >= 0.6 is 0 Å². The maximum absolute atomic E-state index is 12.6. The van der Waals surface area contributed by atoms with E-state index >= 15 is 0 Å².